The highest BCUT2D eigenvalue weighted by atomic mass is 16.6. The van der Waals surface area contributed by atoms with Gasteiger partial charge in [-0.05, 0) is 26.8 Å². The minimum atomic E-state index is -1.21. The minimum Gasteiger partial charge on any atom is -0.481 e. The molecular formula is C12H16N2O5. The number of carbonyl (C=O) groups excluding carboxylic acids is 1. The Bertz CT molecular complexity index is 493. The van der Waals surface area contributed by atoms with Crippen molar-refractivity contribution in [3.8, 4) is 5.88 Å². The second kappa shape index (κ2) is 5.55. The van der Waals surface area contributed by atoms with Gasteiger partial charge in [-0.25, -0.2) is 9.59 Å². The predicted octanol–water partition coefficient (Wildman–Crippen LogP) is 2.14. The number of anilines is 1. The van der Waals surface area contributed by atoms with Gasteiger partial charge in [-0.15, -0.1) is 0 Å². The molecule has 0 aliphatic rings. The standard InChI is InChI=1S/C12H16N2O5/c1-12(2,3)19-11(17)14-9-7(10(15)16)5-6-8(13-9)18-4/h5-6H,1-4H3,(H,15,16)(H,13,14,17). The topological polar surface area (TPSA) is 97.8 Å². The third-order valence-corrected chi connectivity index (χ3v) is 1.93. The van der Waals surface area contributed by atoms with Gasteiger partial charge in [0.25, 0.3) is 0 Å². The zero-order chi connectivity index (χ0) is 14.6. The van der Waals surface area contributed by atoms with E-state index in [0.717, 1.165) is 0 Å². The van der Waals surface area contributed by atoms with E-state index in [0.29, 0.717) is 0 Å². The van der Waals surface area contributed by atoms with Crippen molar-refractivity contribution >= 4 is 17.9 Å². The summed E-state index contributed by atoms with van der Waals surface area (Å²) in [7, 11) is 1.39. The highest BCUT2D eigenvalue weighted by Crippen LogP contribution is 2.19. The van der Waals surface area contributed by atoms with Crippen molar-refractivity contribution in [3.63, 3.8) is 0 Å². The fraction of sp³-hybridized carbons (Fsp3) is 0.417. The fourth-order valence-electron chi connectivity index (χ4n) is 1.22. The van der Waals surface area contributed by atoms with Crippen molar-refractivity contribution < 1.29 is 24.2 Å². The van der Waals surface area contributed by atoms with Crippen LogP contribution in [0.15, 0.2) is 12.1 Å². The molecule has 0 aliphatic heterocycles. The number of pyridine rings is 1. The Kier molecular flexibility index (Phi) is 4.31. The first-order valence-electron chi connectivity index (χ1n) is 5.51. The number of carboxylic acids is 1. The lowest BCUT2D eigenvalue weighted by atomic mass is 10.2. The van der Waals surface area contributed by atoms with Crippen LogP contribution in [0, 0.1) is 0 Å². The number of hydrogen-bond donors (Lipinski definition) is 2. The summed E-state index contributed by atoms with van der Waals surface area (Å²) in [6.07, 6.45) is -0.782. The molecule has 0 bridgehead atoms. The number of methoxy groups -OCH3 is 1. The second-order valence-corrected chi connectivity index (χ2v) is 4.68. The van der Waals surface area contributed by atoms with E-state index < -0.39 is 17.7 Å². The number of aromatic nitrogens is 1. The number of nitrogens with zero attached hydrogens (tertiary/aromatic N) is 1. The Hall–Kier alpha value is -2.31. The van der Waals surface area contributed by atoms with E-state index in [4.69, 9.17) is 14.6 Å². The van der Waals surface area contributed by atoms with Crippen LogP contribution >= 0.6 is 0 Å². The molecule has 0 saturated heterocycles. The van der Waals surface area contributed by atoms with Gasteiger partial charge in [-0.3, -0.25) is 5.32 Å². The van der Waals surface area contributed by atoms with Crippen LogP contribution in [-0.4, -0.2) is 34.9 Å². The Morgan fingerprint density at radius 3 is 2.42 bits per heavy atom. The summed E-state index contributed by atoms with van der Waals surface area (Å²) in [6, 6.07) is 2.69. The molecule has 0 aromatic carbocycles. The van der Waals surface area contributed by atoms with Gasteiger partial charge >= 0.3 is 12.1 Å². The number of ether oxygens (including phenoxy) is 2. The number of aromatic carboxylic acids is 1. The number of carbonyl (C=O) groups is 2. The maximum Gasteiger partial charge on any atom is 0.413 e. The summed E-state index contributed by atoms with van der Waals surface area (Å²) in [5, 5.41) is 11.3. The number of hydrogen-bond acceptors (Lipinski definition) is 5. The Balaban J connectivity index is 2.98. The molecule has 1 aromatic rings. The molecular weight excluding hydrogens is 252 g/mol. The fourth-order valence-corrected chi connectivity index (χ4v) is 1.22. The van der Waals surface area contributed by atoms with E-state index in [1.165, 1.54) is 19.2 Å². The van der Waals surface area contributed by atoms with Crippen LogP contribution in [-0.2, 0) is 4.74 Å². The lowest BCUT2D eigenvalue weighted by Gasteiger charge is -2.19. The zero-order valence-electron chi connectivity index (χ0n) is 11.2. The molecule has 1 aromatic heterocycles. The summed E-state index contributed by atoms with van der Waals surface area (Å²) in [5.41, 5.74) is -0.835. The molecule has 1 amide bonds. The molecule has 1 heterocycles. The van der Waals surface area contributed by atoms with Gasteiger partial charge in [0.1, 0.15) is 11.2 Å². The van der Waals surface area contributed by atoms with Gasteiger partial charge in [-0.2, -0.15) is 4.98 Å². The van der Waals surface area contributed by atoms with Crippen molar-refractivity contribution in [2.24, 2.45) is 0 Å². The largest absolute Gasteiger partial charge is 0.481 e. The van der Waals surface area contributed by atoms with E-state index in [-0.39, 0.29) is 17.3 Å². The highest BCUT2D eigenvalue weighted by Gasteiger charge is 2.20. The molecule has 0 spiro atoms. The molecule has 104 valence electrons. The molecule has 0 fully saturated rings. The first-order valence-corrected chi connectivity index (χ1v) is 5.51. The van der Waals surface area contributed by atoms with Crippen LogP contribution in [0.25, 0.3) is 0 Å². The van der Waals surface area contributed by atoms with Crippen molar-refractivity contribution in [1.82, 2.24) is 4.98 Å². The zero-order valence-corrected chi connectivity index (χ0v) is 11.2. The number of nitrogens with one attached hydrogen (secondary N) is 1. The van der Waals surface area contributed by atoms with Crippen molar-refractivity contribution in [2.45, 2.75) is 26.4 Å². The molecule has 2 N–H and O–H groups in total. The summed E-state index contributed by atoms with van der Waals surface area (Å²) in [5.74, 6) is -1.14. The summed E-state index contributed by atoms with van der Waals surface area (Å²) >= 11 is 0. The first-order chi connectivity index (χ1) is 8.73. The highest BCUT2D eigenvalue weighted by molar-refractivity contribution is 5.97. The van der Waals surface area contributed by atoms with Gasteiger partial charge < -0.3 is 14.6 Å². The van der Waals surface area contributed by atoms with Crippen molar-refractivity contribution in [3.05, 3.63) is 17.7 Å². The van der Waals surface area contributed by atoms with E-state index in [1.54, 1.807) is 20.8 Å². The second-order valence-electron chi connectivity index (χ2n) is 4.68. The van der Waals surface area contributed by atoms with Gasteiger partial charge in [0.05, 0.1) is 7.11 Å². The normalized spacial score (nSPS) is 10.7. The average molecular weight is 268 g/mol. The Morgan fingerprint density at radius 1 is 1.32 bits per heavy atom. The third kappa shape index (κ3) is 4.46. The summed E-state index contributed by atoms with van der Waals surface area (Å²) in [4.78, 5) is 26.5. The number of amides is 1. The summed E-state index contributed by atoms with van der Waals surface area (Å²) < 4.78 is 9.90. The molecule has 1 rings (SSSR count). The third-order valence-electron chi connectivity index (χ3n) is 1.93. The molecule has 0 aliphatic carbocycles. The van der Waals surface area contributed by atoms with E-state index in [2.05, 4.69) is 10.3 Å². The lowest BCUT2D eigenvalue weighted by Crippen LogP contribution is -2.28. The van der Waals surface area contributed by atoms with Crippen LogP contribution in [0.5, 0.6) is 5.88 Å². The molecule has 19 heavy (non-hydrogen) atoms. The van der Waals surface area contributed by atoms with Gasteiger partial charge in [0.15, 0.2) is 5.82 Å². The van der Waals surface area contributed by atoms with Crippen LogP contribution in [0.3, 0.4) is 0 Å². The van der Waals surface area contributed by atoms with Crippen LogP contribution in [0.4, 0.5) is 10.6 Å². The molecule has 0 radical (unpaired) electrons. The lowest BCUT2D eigenvalue weighted by molar-refractivity contribution is 0.0635. The summed E-state index contributed by atoms with van der Waals surface area (Å²) in [6.45, 7) is 5.09. The first kappa shape index (κ1) is 14.7. The number of carboxylic acid groups (broad SMARTS) is 1. The average Bonchev–Trinajstić information content (AvgIpc) is 2.25. The minimum absolute atomic E-state index is 0.124. The monoisotopic (exact) mass is 268 g/mol. The molecule has 0 unspecified atom stereocenters. The molecule has 7 heteroatoms. The van der Waals surface area contributed by atoms with Gasteiger partial charge in [0, 0.05) is 6.07 Å². The van der Waals surface area contributed by atoms with Crippen LogP contribution in [0.2, 0.25) is 0 Å². The van der Waals surface area contributed by atoms with Crippen LogP contribution in [0.1, 0.15) is 31.1 Å². The van der Waals surface area contributed by atoms with E-state index >= 15 is 0 Å². The molecule has 0 atom stereocenters. The number of rotatable bonds is 3. The maximum absolute atomic E-state index is 11.6. The Morgan fingerprint density at radius 2 is 1.95 bits per heavy atom. The van der Waals surface area contributed by atoms with E-state index in [1.807, 2.05) is 0 Å². The van der Waals surface area contributed by atoms with Gasteiger partial charge in [-0.1, -0.05) is 0 Å². The SMILES string of the molecule is COc1ccc(C(=O)O)c(NC(=O)OC(C)(C)C)n1. The molecule has 0 saturated carbocycles. The van der Waals surface area contributed by atoms with Crippen molar-refractivity contribution in [1.29, 1.82) is 0 Å². The smallest absolute Gasteiger partial charge is 0.413 e. The molecule has 7 nitrogen and oxygen atoms in total. The Labute approximate surface area is 110 Å². The predicted molar refractivity (Wildman–Crippen MR) is 67.6 cm³/mol. The quantitative estimate of drug-likeness (QED) is 0.871. The van der Waals surface area contributed by atoms with Crippen molar-refractivity contribution in [2.75, 3.05) is 12.4 Å². The van der Waals surface area contributed by atoms with Crippen LogP contribution < -0.4 is 10.1 Å². The van der Waals surface area contributed by atoms with E-state index in [9.17, 15) is 9.59 Å². The van der Waals surface area contributed by atoms with Gasteiger partial charge in [0.2, 0.25) is 5.88 Å². The maximum atomic E-state index is 11.6.